The van der Waals surface area contributed by atoms with Crippen molar-refractivity contribution < 1.29 is 85.4 Å². The minimum atomic E-state index is -1.14. The van der Waals surface area contributed by atoms with Crippen LogP contribution < -0.4 is 56.5 Å². The van der Waals surface area contributed by atoms with E-state index in [2.05, 4.69) is 4.74 Å². The Morgan fingerprint density at radius 2 is 0.938 bits per heavy atom. The summed E-state index contributed by atoms with van der Waals surface area (Å²) in [5, 5.41) is 19.8. The van der Waals surface area contributed by atoms with Crippen molar-refractivity contribution in [2.75, 3.05) is 7.11 Å². The van der Waals surface area contributed by atoms with Crippen molar-refractivity contribution >= 4 is 58.3 Å². The Hall–Kier alpha value is -1.50. The molecule has 0 aliphatic heterocycles. The van der Waals surface area contributed by atoms with Crippen LogP contribution in [0.5, 0.6) is 0 Å². The van der Waals surface area contributed by atoms with Crippen molar-refractivity contribution in [2.24, 2.45) is 0 Å². The number of halogens is 4. The molecule has 4 rings (SSSR count). The number of benzene rings is 4. The van der Waals surface area contributed by atoms with Gasteiger partial charge in [-0.05, 0) is 46.5 Å². The number of carboxylic acids is 1. The molecule has 4 aromatic carbocycles. The van der Waals surface area contributed by atoms with Crippen LogP contribution in [0.2, 0.25) is 20.1 Å². The molecule has 0 radical (unpaired) electrons. The van der Waals surface area contributed by atoms with Gasteiger partial charge in [-0.15, -0.1) is 5.60 Å². The standard InChI is InChI=1S/C16H14Cl2O3.C15H12Cl2O3.C4H9O.CH4.K/c1-20-16(19)15-13(17)7-12(8-14(15)18)10-21-9-11-5-3-2-4-6-11;16-12-6-11(7-13(17)14(12)15(18)19)9-20-8-10-4-2-1-3-5-10;1-4(2,3)5;;/h2-8H,9-10H2,1H3;1-7H,8-9H2,(H,18,19);1-3H3;1H4;/q;;-1;;+1. The third kappa shape index (κ3) is 17.9. The maximum absolute atomic E-state index is 11.5. The van der Waals surface area contributed by atoms with E-state index >= 15 is 0 Å². The van der Waals surface area contributed by atoms with Crippen LogP contribution in [0.4, 0.5) is 0 Å². The van der Waals surface area contributed by atoms with E-state index in [1.54, 1.807) is 45.0 Å². The van der Waals surface area contributed by atoms with E-state index in [1.165, 1.54) is 7.11 Å². The fourth-order valence-electron chi connectivity index (χ4n) is 3.64. The number of esters is 1. The Labute approximate surface area is 345 Å². The fourth-order valence-corrected chi connectivity index (χ4v) is 5.02. The van der Waals surface area contributed by atoms with Crippen LogP contribution in [0, 0.1) is 0 Å². The molecule has 254 valence electrons. The Morgan fingerprint density at radius 1 is 0.646 bits per heavy atom. The second kappa shape index (κ2) is 23.8. The van der Waals surface area contributed by atoms with Crippen LogP contribution >= 0.6 is 46.4 Å². The van der Waals surface area contributed by atoms with E-state index in [0.717, 1.165) is 22.3 Å². The van der Waals surface area contributed by atoms with Crippen LogP contribution in [-0.2, 0) is 40.6 Å². The molecular formula is C36H39Cl4KO7. The zero-order valence-corrected chi connectivity index (χ0v) is 33.0. The first-order valence-electron chi connectivity index (χ1n) is 13.9. The molecule has 0 aromatic heterocycles. The molecule has 1 N–H and O–H groups in total. The van der Waals surface area contributed by atoms with Crippen LogP contribution in [0.25, 0.3) is 0 Å². The summed E-state index contributed by atoms with van der Waals surface area (Å²) in [6, 6.07) is 26.0. The molecule has 0 bridgehead atoms. The predicted molar refractivity (Wildman–Crippen MR) is 188 cm³/mol. The molecule has 48 heavy (non-hydrogen) atoms. The summed E-state index contributed by atoms with van der Waals surface area (Å²) in [5.74, 6) is -1.70. The van der Waals surface area contributed by atoms with E-state index in [-0.39, 0.29) is 90.0 Å². The Kier molecular flexibility index (Phi) is 23.1. The number of ether oxygens (including phenoxy) is 3. The minimum Gasteiger partial charge on any atom is -0.850 e. The minimum absolute atomic E-state index is 0. The number of rotatable bonds is 10. The average molecular weight is 765 g/mol. The smallest absolute Gasteiger partial charge is 0.850 e. The van der Waals surface area contributed by atoms with E-state index in [1.807, 2.05) is 60.7 Å². The van der Waals surface area contributed by atoms with Crippen molar-refractivity contribution in [3.63, 3.8) is 0 Å². The summed E-state index contributed by atoms with van der Waals surface area (Å²) in [6.07, 6.45) is 0. The van der Waals surface area contributed by atoms with Crippen molar-refractivity contribution in [2.45, 2.75) is 60.2 Å². The third-order valence-corrected chi connectivity index (χ3v) is 6.76. The summed E-state index contributed by atoms with van der Waals surface area (Å²) in [5.41, 5.74) is 3.02. The van der Waals surface area contributed by atoms with E-state index in [4.69, 9.17) is 61.0 Å². The number of methoxy groups -OCH3 is 1. The van der Waals surface area contributed by atoms with Gasteiger partial charge >= 0.3 is 63.3 Å². The molecule has 7 nitrogen and oxygen atoms in total. The molecule has 0 saturated heterocycles. The fraction of sp³-hybridized carbons (Fsp3) is 0.278. The molecule has 0 amide bonds. The number of carboxylic acid groups (broad SMARTS) is 1. The molecule has 0 aliphatic rings. The summed E-state index contributed by atoms with van der Waals surface area (Å²) in [4.78, 5) is 22.5. The van der Waals surface area contributed by atoms with Crippen LogP contribution in [0.3, 0.4) is 0 Å². The maximum atomic E-state index is 11.5. The van der Waals surface area contributed by atoms with Crippen molar-refractivity contribution in [1.82, 2.24) is 0 Å². The first-order valence-corrected chi connectivity index (χ1v) is 15.4. The summed E-state index contributed by atoms with van der Waals surface area (Å²) >= 11 is 23.9. The first kappa shape index (κ1) is 46.5. The van der Waals surface area contributed by atoms with E-state index < -0.39 is 17.5 Å². The number of aromatic carboxylic acids is 1. The van der Waals surface area contributed by atoms with Gasteiger partial charge in [-0.3, -0.25) is 0 Å². The third-order valence-electron chi connectivity index (χ3n) is 5.57. The maximum Gasteiger partial charge on any atom is 1.00 e. The van der Waals surface area contributed by atoms with Gasteiger partial charge in [-0.25, -0.2) is 9.59 Å². The molecule has 0 unspecified atom stereocenters. The normalized spacial score (nSPS) is 10.2. The molecule has 0 atom stereocenters. The Balaban J connectivity index is 0.000000779. The molecule has 0 saturated carbocycles. The number of carbonyl (C=O) groups is 2. The van der Waals surface area contributed by atoms with Crippen molar-refractivity contribution in [3.05, 3.63) is 138 Å². The summed E-state index contributed by atoms with van der Waals surface area (Å²) < 4.78 is 15.8. The van der Waals surface area contributed by atoms with Gasteiger partial charge in [0.2, 0.25) is 0 Å². The van der Waals surface area contributed by atoms with Crippen LogP contribution in [0.15, 0.2) is 84.9 Å². The predicted octanol–water partition coefficient (Wildman–Crippen LogP) is 6.69. The SMILES string of the molecule is C.CC(C)(C)[O-].COC(=O)c1c(Cl)cc(COCc2ccccc2)cc1Cl.O=C(O)c1c(Cl)cc(COCc2ccccc2)cc1Cl.[K+]. The molecule has 12 heteroatoms. The van der Waals surface area contributed by atoms with Gasteiger partial charge in [0.25, 0.3) is 0 Å². The van der Waals surface area contributed by atoms with Gasteiger partial charge < -0.3 is 24.4 Å². The Morgan fingerprint density at radius 3 is 1.23 bits per heavy atom. The molecule has 0 aliphatic carbocycles. The monoisotopic (exact) mass is 762 g/mol. The number of carbonyl (C=O) groups excluding carboxylic acids is 1. The van der Waals surface area contributed by atoms with Gasteiger partial charge in [0.15, 0.2) is 0 Å². The molecule has 0 fully saturated rings. The molecular weight excluding hydrogens is 725 g/mol. The number of hydrogen-bond donors (Lipinski definition) is 1. The van der Waals surface area contributed by atoms with E-state index in [9.17, 15) is 14.7 Å². The van der Waals surface area contributed by atoms with E-state index in [0.29, 0.717) is 26.4 Å². The van der Waals surface area contributed by atoms with Gasteiger partial charge in [0, 0.05) is 0 Å². The van der Waals surface area contributed by atoms with Gasteiger partial charge in [0.05, 0.1) is 64.8 Å². The van der Waals surface area contributed by atoms with Crippen LogP contribution in [-0.4, -0.2) is 29.8 Å². The quantitative estimate of drug-likeness (QED) is 0.142. The zero-order chi connectivity index (χ0) is 34.3. The van der Waals surface area contributed by atoms with Gasteiger partial charge in [-0.1, -0.05) is 135 Å². The Bertz CT molecular complexity index is 1510. The number of hydrogen-bond acceptors (Lipinski definition) is 6. The second-order valence-corrected chi connectivity index (χ2v) is 12.4. The van der Waals surface area contributed by atoms with Gasteiger partial charge in [0.1, 0.15) is 0 Å². The van der Waals surface area contributed by atoms with Gasteiger partial charge in [-0.2, -0.15) is 0 Å². The zero-order valence-electron chi connectivity index (χ0n) is 26.8. The summed E-state index contributed by atoms with van der Waals surface area (Å²) in [7, 11) is 1.28. The van der Waals surface area contributed by atoms with Crippen molar-refractivity contribution in [1.29, 1.82) is 0 Å². The average Bonchev–Trinajstić information content (AvgIpc) is 2.97. The first-order chi connectivity index (χ1) is 21.7. The topological polar surface area (TPSA) is 105 Å². The largest absolute Gasteiger partial charge is 1.00 e. The van der Waals surface area contributed by atoms with Crippen LogP contribution in [0.1, 0.15) is 71.2 Å². The molecule has 0 spiro atoms. The molecule has 0 heterocycles. The molecule has 4 aromatic rings. The second-order valence-electron chi connectivity index (χ2n) is 10.7. The summed E-state index contributed by atoms with van der Waals surface area (Å²) in [6.45, 7) is 6.53. The van der Waals surface area contributed by atoms with Crippen molar-refractivity contribution in [3.8, 4) is 0 Å².